The highest BCUT2D eigenvalue weighted by Crippen LogP contribution is 2.32. The number of imidazole rings is 1. The van der Waals surface area contributed by atoms with E-state index >= 15 is 0 Å². The average Bonchev–Trinajstić information content (AvgIpc) is 2.91. The molecular weight excluding hydrogens is 360 g/mol. The number of para-hydroxylation sites is 2. The first-order chi connectivity index (χ1) is 11.6. The number of rotatable bonds is 2. The molecule has 118 valence electrons. The van der Waals surface area contributed by atoms with Crippen molar-refractivity contribution in [1.29, 1.82) is 0 Å². The zero-order valence-corrected chi connectivity index (χ0v) is 15.2. The summed E-state index contributed by atoms with van der Waals surface area (Å²) in [6.07, 6.45) is 0. The first kappa shape index (κ1) is 15.2. The molecule has 3 aromatic carbocycles. The van der Waals surface area contributed by atoms with E-state index in [1.54, 1.807) is 0 Å². The van der Waals surface area contributed by atoms with E-state index in [-0.39, 0.29) is 0 Å². The third kappa shape index (κ3) is 2.45. The monoisotopic (exact) mass is 376 g/mol. The van der Waals surface area contributed by atoms with E-state index in [9.17, 15) is 0 Å². The van der Waals surface area contributed by atoms with Gasteiger partial charge in [0.05, 0.1) is 16.7 Å². The van der Waals surface area contributed by atoms with Gasteiger partial charge in [0.15, 0.2) is 4.73 Å². The highest BCUT2D eigenvalue weighted by molar-refractivity contribution is 9.10. The van der Waals surface area contributed by atoms with Gasteiger partial charge >= 0.3 is 0 Å². The molecule has 0 aliphatic heterocycles. The maximum absolute atomic E-state index is 4.63. The van der Waals surface area contributed by atoms with Crippen LogP contribution in [0.5, 0.6) is 0 Å². The Morgan fingerprint density at radius 3 is 2.12 bits per heavy atom. The predicted molar refractivity (Wildman–Crippen MR) is 104 cm³/mol. The lowest BCUT2D eigenvalue weighted by Gasteiger charge is -2.15. The number of halogens is 1. The first-order valence-corrected chi connectivity index (χ1v) is 8.74. The van der Waals surface area contributed by atoms with Crippen molar-refractivity contribution >= 4 is 27.0 Å². The Hall–Kier alpha value is -2.39. The molecular formula is C21H17BrN2. The van der Waals surface area contributed by atoms with Crippen molar-refractivity contribution in [2.75, 3.05) is 0 Å². The number of aryl methyl sites for hydroxylation is 2. The first-order valence-electron chi connectivity index (χ1n) is 7.95. The SMILES string of the molecule is Cc1cc(-c2ccccc2)cc(C)c1-n1c(Br)nc2ccccc21. The van der Waals surface area contributed by atoms with Crippen LogP contribution in [-0.2, 0) is 0 Å². The quantitative estimate of drug-likeness (QED) is 0.414. The highest BCUT2D eigenvalue weighted by Gasteiger charge is 2.15. The van der Waals surface area contributed by atoms with Crippen LogP contribution in [-0.4, -0.2) is 9.55 Å². The van der Waals surface area contributed by atoms with Crippen molar-refractivity contribution in [2.24, 2.45) is 0 Å². The van der Waals surface area contributed by atoms with Crippen LogP contribution in [0, 0.1) is 13.8 Å². The molecule has 0 saturated carbocycles. The predicted octanol–water partition coefficient (Wildman–Crippen LogP) is 6.07. The summed E-state index contributed by atoms with van der Waals surface area (Å²) in [4.78, 5) is 4.63. The van der Waals surface area contributed by atoms with Crippen LogP contribution in [0.3, 0.4) is 0 Å². The Morgan fingerprint density at radius 1 is 0.792 bits per heavy atom. The molecule has 0 spiro atoms. The minimum absolute atomic E-state index is 0.836. The fraction of sp³-hybridized carbons (Fsp3) is 0.0952. The molecule has 0 radical (unpaired) electrons. The number of aromatic nitrogens is 2. The van der Waals surface area contributed by atoms with E-state index in [0.29, 0.717) is 0 Å². The lowest BCUT2D eigenvalue weighted by atomic mass is 9.98. The number of fused-ring (bicyclic) bond motifs is 1. The Bertz CT molecular complexity index is 1010. The van der Waals surface area contributed by atoms with Gasteiger partial charge in [-0.3, -0.25) is 4.57 Å². The second kappa shape index (κ2) is 5.91. The summed E-state index contributed by atoms with van der Waals surface area (Å²) < 4.78 is 3.02. The van der Waals surface area contributed by atoms with E-state index in [1.807, 2.05) is 18.2 Å². The summed E-state index contributed by atoms with van der Waals surface area (Å²) in [5.41, 5.74) is 8.25. The van der Waals surface area contributed by atoms with E-state index in [2.05, 4.69) is 87.9 Å². The van der Waals surface area contributed by atoms with Gasteiger partial charge in [0.2, 0.25) is 0 Å². The minimum atomic E-state index is 0.836. The fourth-order valence-corrected chi connectivity index (χ4v) is 3.87. The van der Waals surface area contributed by atoms with Gasteiger partial charge in [-0.05, 0) is 76.3 Å². The molecule has 0 aliphatic carbocycles. The maximum Gasteiger partial charge on any atom is 0.182 e. The molecule has 0 N–H and O–H groups in total. The normalized spacial score (nSPS) is 11.1. The summed E-state index contributed by atoms with van der Waals surface area (Å²) in [5.74, 6) is 0. The number of hydrogen-bond donors (Lipinski definition) is 0. The lowest BCUT2D eigenvalue weighted by Crippen LogP contribution is -2.01. The molecule has 0 bridgehead atoms. The molecule has 4 aromatic rings. The van der Waals surface area contributed by atoms with Crippen molar-refractivity contribution < 1.29 is 0 Å². The summed E-state index contributed by atoms with van der Waals surface area (Å²) in [6, 6.07) is 23.2. The van der Waals surface area contributed by atoms with Gasteiger partial charge in [0.25, 0.3) is 0 Å². The topological polar surface area (TPSA) is 17.8 Å². The second-order valence-electron chi connectivity index (χ2n) is 6.03. The van der Waals surface area contributed by atoms with Gasteiger partial charge in [0.1, 0.15) is 0 Å². The molecule has 0 atom stereocenters. The lowest BCUT2D eigenvalue weighted by molar-refractivity contribution is 1.02. The summed E-state index contributed by atoms with van der Waals surface area (Å²) in [6.45, 7) is 4.33. The fourth-order valence-electron chi connectivity index (χ4n) is 3.32. The smallest absolute Gasteiger partial charge is 0.182 e. The van der Waals surface area contributed by atoms with E-state index in [0.717, 1.165) is 15.8 Å². The zero-order valence-electron chi connectivity index (χ0n) is 13.6. The van der Waals surface area contributed by atoms with Gasteiger partial charge in [-0.2, -0.15) is 0 Å². The third-order valence-electron chi connectivity index (χ3n) is 4.34. The molecule has 0 amide bonds. The molecule has 0 aliphatic rings. The third-order valence-corrected chi connectivity index (χ3v) is 4.87. The molecule has 1 heterocycles. The molecule has 0 fully saturated rings. The molecule has 3 heteroatoms. The molecule has 2 nitrogen and oxygen atoms in total. The van der Waals surface area contributed by atoms with Crippen molar-refractivity contribution in [3.05, 3.63) is 82.6 Å². The Kier molecular flexibility index (Phi) is 3.73. The summed E-state index contributed by atoms with van der Waals surface area (Å²) in [5, 5.41) is 0. The summed E-state index contributed by atoms with van der Waals surface area (Å²) >= 11 is 3.63. The van der Waals surface area contributed by atoms with E-state index in [1.165, 1.54) is 27.9 Å². The Labute approximate surface area is 149 Å². The molecule has 0 unspecified atom stereocenters. The zero-order chi connectivity index (χ0) is 16.7. The van der Waals surface area contributed by atoms with Crippen LogP contribution in [0.25, 0.3) is 27.8 Å². The highest BCUT2D eigenvalue weighted by atomic mass is 79.9. The standard InChI is InChI=1S/C21H17BrN2/c1-14-12-17(16-8-4-3-5-9-16)13-15(2)20(14)24-19-11-7-6-10-18(19)23-21(24)22/h3-13H,1-2H3. The van der Waals surface area contributed by atoms with Gasteiger partial charge in [-0.15, -0.1) is 0 Å². The van der Waals surface area contributed by atoms with E-state index < -0.39 is 0 Å². The van der Waals surface area contributed by atoms with Gasteiger partial charge in [0, 0.05) is 0 Å². The number of nitrogens with zero attached hydrogens (tertiary/aromatic N) is 2. The van der Waals surface area contributed by atoms with Gasteiger partial charge in [-0.1, -0.05) is 42.5 Å². The van der Waals surface area contributed by atoms with Crippen LogP contribution >= 0.6 is 15.9 Å². The Balaban J connectivity index is 1.95. The molecule has 24 heavy (non-hydrogen) atoms. The van der Waals surface area contributed by atoms with Crippen molar-refractivity contribution in [3.8, 4) is 16.8 Å². The minimum Gasteiger partial charge on any atom is -0.286 e. The van der Waals surface area contributed by atoms with Crippen LogP contribution in [0.1, 0.15) is 11.1 Å². The van der Waals surface area contributed by atoms with Crippen LogP contribution in [0.2, 0.25) is 0 Å². The molecule has 0 saturated heterocycles. The second-order valence-corrected chi connectivity index (χ2v) is 6.74. The number of hydrogen-bond acceptors (Lipinski definition) is 1. The van der Waals surface area contributed by atoms with Crippen LogP contribution in [0.15, 0.2) is 71.5 Å². The molecule has 4 rings (SSSR count). The van der Waals surface area contributed by atoms with Gasteiger partial charge in [-0.25, -0.2) is 4.98 Å². The van der Waals surface area contributed by atoms with Crippen molar-refractivity contribution in [3.63, 3.8) is 0 Å². The van der Waals surface area contributed by atoms with Crippen LogP contribution in [0.4, 0.5) is 0 Å². The van der Waals surface area contributed by atoms with Gasteiger partial charge < -0.3 is 0 Å². The average molecular weight is 377 g/mol. The largest absolute Gasteiger partial charge is 0.286 e. The molecule has 1 aromatic heterocycles. The summed E-state index contributed by atoms with van der Waals surface area (Å²) in [7, 11) is 0. The Morgan fingerprint density at radius 2 is 1.42 bits per heavy atom. The van der Waals surface area contributed by atoms with Crippen molar-refractivity contribution in [2.45, 2.75) is 13.8 Å². The maximum atomic E-state index is 4.63. The van der Waals surface area contributed by atoms with E-state index in [4.69, 9.17) is 0 Å². The van der Waals surface area contributed by atoms with Crippen molar-refractivity contribution in [1.82, 2.24) is 9.55 Å². The van der Waals surface area contributed by atoms with Crippen LogP contribution < -0.4 is 0 Å². The number of benzene rings is 3.